The number of imidazole rings is 1. The van der Waals surface area contributed by atoms with Gasteiger partial charge in [-0.15, -0.1) is 0 Å². The Hall–Kier alpha value is -3.51. The first-order valence-corrected chi connectivity index (χ1v) is 11.9. The standard InChI is InChI=1S/C28H31N5O/c1-21-29-12-13-32(21)20-25-6-3-4-8-26(25)28(34)33-15-14-31(2)18-23(19-33)16-22-9-10-27-24(17-22)7-5-11-30-27/h3-13,17,23H,14-16,18-20H2,1-2H3/t23-/m0/s1. The van der Waals surface area contributed by atoms with Crippen molar-refractivity contribution in [2.75, 3.05) is 33.2 Å². The number of carbonyl (C=O) groups is 1. The van der Waals surface area contributed by atoms with E-state index in [1.165, 1.54) is 10.9 Å². The zero-order valence-corrected chi connectivity index (χ0v) is 19.9. The molecule has 34 heavy (non-hydrogen) atoms. The zero-order chi connectivity index (χ0) is 23.5. The minimum absolute atomic E-state index is 0.122. The van der Waals surface area contributed by atoms with Crippen LogP contribution in [0, 0.1) is 12.8 Å². The van der Waals surface area contributed by atoms with Gasteiger partial charge in [0.25, 0.3) is 5.91 Å². The second kappa shape index (κ2) is 9.77. The van der Waals surface area contributed by atoms with E-state index in [-0.39, 0.29) is 5.91 Å². The summed E-state index contributed by atoms with van der Waals surface area (Å²) in [4.78, 5) is 26.9. The van der Waals surface area contributed by atoms with E-state index in [2.05, 4.69) is 61.7 Å². The second-order valence-electron chi connectivity index (χ2n) is 9.37. The number of likely N-dealkylation sites (N-methyl/N-ethyl adjacent to an activating group) is 1. The van der Waals surface area contributed by atoms with Gasteiger partial charge in [0.15, 0.2) is 0 Å². The maximum absolute atomic E-state index is 13.7. The molecule has 1 aliphatic rings. The largest absolute Gasteiger partial charge is 0.337 e. The number of hydrogen-bond donors (Lipinski definition) is 0. The summed E-state index contributed by atoms with van der Waals surface area (Å²) in [7, 11) is 2.15. The molecule has 1 fully saturated rings. The van der Waals surface area contributed by atoms with Gasteiger partial charge in [0.1, 0.15) is 5.82 Å². The molecular weight excluding hydrogens is 422 g/mol. The molecular formula is C28H31N5O. The van der Waals surface area contributed by atoms with Crippen molar-refractivity contribution in [3.8, 4) is 0 Å². The molecule has 4 aromatic rings. The Morgan fingerprint density at radius 3 is 2.74 bits per heavy atom. The molecule has 2 aromatic heterocycles. The van der Waals surface area contributed by atoms with Crippen LogP contribution in [0.1, 0.15) is 27.3 Å². The highest BCUT2D eigenvalue weighted by Gasteiger charge is 2.26. The number of rotatable bonds is 5. The summed E-state index contributed by atoms with van der Waals surface area (Å²) in [6.07, 6.45) is 6.54. The fraction of sp³-hybridized carbons (Fsp3) is 0.321. The Labute approximate surface area is 200 Å². The third-order valence-electron chi connectivity index (χ3n) is 6.79. The molecule has 0 N–H and O–H groups in total. The number of hydrogen-bond acceptors (Lipinski definition) is 4. The molecule has 1 aliphatic heterocycles. The predicted octanol–water partition coefficient (Wildman–Crippen LogP) is 4.03. The molecule has 1 amide bonds. The van der Waals surface area contributed by atoms with Crippen LogP contribution in [0.15, 0.2) is 73.2 Å². The van der Waals surface area contributed by atoms with E-state index in [0.717, 1.165) is 55.1 Å². The summed E-state index contributed by atoms with van der Waals surface area (Å²) in [6, 6.07) is 18.6. The van der Waals surface area contributed by atoms with Crippen LogP contribution in [0.25, 0.3) is 10.9 Å². The highest BCUT2D eigenvalue weighted by atomic mass is 16.2. The zero-order valence-electron chi connectivity index (χ0n) is 19.9. The molecule has 3 heterocycles. The van der Waals surface area contributed by atoms with Crippen molar-refractivity contribution >= 4 is 16.8 Å². The van der Waals surface area contributed by atoms with Crippen molar-refractivity contribution in [3.63, 3.8) is 0 Å². The Bertz CT molecular complexity index is 1300. The number of aryl methyl sites for hydroxylation is 1. The number of pyridine rings is 1. The Morgan fingerprint density at radius 1 is 1.00 bits per heavy atom. The SMILES string of the molecule is Cc1nccn1Cc1ccccc1C(=O)N1CCN(C)C[C@H](Cc2ccc3ncccc3c2)C1. The molecule has 0 bridgehead atoms. The normalized spacial score (nSPS) is 17.1. The van der Waals surface area contributed by atoms with Crippen molar-refractivity contribution in [3.05, 3.63) is 95.7 Å². The van der Waals surface area contributed by atoms with Crippen LogP contribution in [0.2, 0.25) is 0 Å². The van der Waals surface area contributed by atoms with Crippen LogP contribution in [-0.2, 0) is 13.0 Å². The first-order chi connectivity index (χ1) is 16.6. The number of nitrogens with zero attached hydrogens (tertiary/aromatic N) is 5. The van der Waals surface area contributed by atoms with E-state index in [0.29, 0.717) is 12.5 Å². The van der Waals surface area contributed by atoms with Crippen LogP contribution in [0.3, 0.4) is 0 Å². The Kier molecular flexibility index (Phi) is 6.41. The molecule has 1 atom stereocenters. The second-order valence-corrected chi connectivity index (χ2v) is 9.37. The van der Waals surface area contributed by atoms with Gasteiger partial charge >= 0.3 is 0 Å². The topological polar surface area (TPSA) is 54.3 Å². The maximum atomic E-state index is 13.7. The van der Waals surface area contributed by atoms with E-state index in [4.69, 9.17) is 0 Å². The number of fused-ring (bicyclic) bond motifs is 1. The summed E-state index contributed by atoms with van der Waals surface area (Å²) < 4.78 is 2.08. The summed E-state index contributed by atoms with van der Waals surface area (Å²) in [5, 5.41) is 1.17. The van der Waals surface area contributed by atoms with Crippen LogP contribution in [0.5, 0.6) is 0 Å². The van der Waals surface area contributed by atoms with Gasteiger partial charge in [0, 0.05) is 62.3 Å². The fourth-order valence-electron chi connectivity index (χ4n) is 4.97. The number of benzene rings is 2. The number of carbonyl (C=O) groups excluding carboxylic acids is 1. The molecule has 0 spiro atoms. The maximum Gasteiger partial charge on any atom is 0.254 e. The van der Waals surface area contributed by atoms with Crippen molar-refractivity contribution in [2.24, 2.45) is 5.92 Å². The van der Waals surface area contributed by atoms with Crippen LogP contribution < -0.4 is 0 Å². The van der Waals surface area contributed by atoms with E-state index < -0.39 is 0 Å². The molecule has 2 aromatic carbocycles. The first kappa shape index (κ1) is 22.3. The van der Waals surface area contributed by atoms with Crippen molar-refractivity contribution in [2.45, 2.75) is 19.9 Å². The number of aromatic nitrogens is 3. The third-order valence-corrected chi connectivity index (χ3v) is 6.79. The highest BCUT2D eigenvalue weighted by molar-refractivity contribution is 5.95. The fourth-order valence-corrected chi connectivity index (χ4v) is 4.97. The van der Waals surface area contributed by atoms with Gasteiger partial charge in [0.05, 0.1) is 5.52 Å². The van der Waals surface area contributed by atoms with E-state index in [9.17, 15) is 4.79 Å². The van der Waals surface area contributed by atoms with Gasteiger partial charge in [-0.25, -0.2) is 4.98 Å². The molecule has 1 saturated heterocycles. The molecule has 0 radical (unpaired) electrons. The smallest absolute Gasteiger partial charge is 0.254 e. The molecule has 174 valence electrons. The molecule has 0 aliphatic carbocycles. The van der Waals surface area contributed by atoms with E-state index >= 15 is 0 Å². The summed E-state index contributed by atoms with van der Waals surface area (Å²) >= 11 is 0. The van der Waals surface area contributed by atoms with Crippen molar-refractivity contribution in [1.82, 2.24) is 24.3 Å². The Balaban J connectivity index is 1.36. The summed E-state index contributed by atoms with van der Waals surface area (Å²) in [5.74, 6) is 1.44. The van der Waals surface area contributed by atoms with Gasteiger partial charge in [-0.3, -0.25) is 9.78 Å². The monoisotopic (exact) mass is 453 g/mol. The minimum Gasteiger partial charge on any atom is -0.337 e. The predicted molar refractivity (Wildman–Crippen MR) is 135 cm³/mol. The first-order valence-electron chi connectivity index (χ1n) is 11.9. The summed E-state index contributed by atoms with van der Waals surface area (Å²) in [6.45, 7) is 5.99. The molecule has 6 nitrogen and oxygen atoms in total. The highest BCUT2D eigenvalue weighted by Crippen LogP contribution is 2.21. The lowest BCUT2D eigenvalue weighted by Gasteiger charge is -2.25. The quantitative estimate of drug-likeness (QED) is 0.458. The average molecular weight is 454 g/mol. The van der Waals surface area contributed by atoms with Crippen LogP contribution in [0.4, 0.5) is 0 Å². The molecule has 6 heteroatoms. The Morgan fingerprint density at radius 2 is 1.88 bits per heavy atom. The molecule has 0 unspecified atom stereocenters. The average Bonchev–Trinajstić information content (AvgIpc) is 3.15. The molecule has 0 saturated carbocycles. The van der Waals surface area contributed by atoms with Gasteiger partial charge in [-0.05, 0) is 61.7 Å². The van der Waals surface area contributed by atoms with E-state index in [1.54, 1.807) is 6.20 Å². The lowest BCUT2D eigenvalue weighted by Crippen LogP contribution is -2.37. The van der Waals surface area contributed by atoms with Crippen LogP contribution in [-0.4, -0.2) is 63.5 Å². The number of amides is 1. The lowest BCUT2D eigenvalue weighted by molar-refractivity contribution is 0.0745. The summed E-state index contributed by atoms with van der Waals surface area (Å²) in [5.41, 5.74) is 4.13. The van der Waals surface area contributed by atoms with Crippen molar-refractivity contribution < 1.29 is 4.79 Å². The minimum atomic E-state index is 0.122. The van der Waals surface area contributed by atoms with Gasteiger partial charge in [-0.2, -0.15) is 0 Å². The molecule has 5 rings (SSSR count). The van der Waals surface area contributed by atoms with Crippen LogP contribution >= 0.6 is 0 Å². The van der Waals surface area contributed by atoms with Gasteiger partial charge in [-0.1, -0.05) is 30.3 Å². The third kappa shape index (κ3) is 4.87. The lowest BCUT2D eigenvalue weighted by atomic mass is 9.97. The van der Waals surface area contributed by atoms with Crippen molar-refractivity contribution in [1.29, 1.82) is 0 Å². The van der Waals surface area contributed by atoms with E-state index in [1.807, 2.05) is 43.6 Å². The van der Waals surface area contributed by atoms with Gasteiger partial charge in [0.2, 0.25) is 0 Å². The van der Waals surface area contributed by atoms with Gasteiger partial charge < -0.3 is 14.4 Å².